The molecule has 1 aliphatic rings. The molecule has 1 aliphatic carbocycles. The molecule has 3 nitrogen and oxygen atoms in total. The lowest BCUT2D eigenvalue weighted by atomic mass is 9.87. The van der Waals surface area contributed by atoms with Crippen molar-refractivity contribution in [1.82, 2.24) is 5.32 Å². The Hall–Kier alpha value is -1.51. The lowest BCUT2D eigenvalue weighted by Crippen LogP contribution is -2.41. The number of nitrogens with one attached hydrogen (secondary N) is 2. The minimum absolute atomic E-state index is 0.0557. The van der Waals surface area contributed by atoms with E-state index in [9.17, 15) is 4.79 Å². The van der Waals surface area contributed by atoms with Crippen LogP contribution in [0.2, 0.25) is 0 Å². The fourth-order valence-electron chi connectivity index (χ4n) is 2.90. The lowest BCUT2D eigenvalue weighted by Gasteiger charge is -2.28. The molecule has 0 bridgehead atoms. The monoisotopic (exact) mass is 260 g/mol. The number of carbonyl (C=O) groups is 1. The molecule has 0 aromatic heterocycles. The Morgan fingerprint density at radius 3 is 2.63 bits per heavy atom. The highest BCUT2D eigenvalue weighted by atomic mass is 16.1. The molecule has 1 fully saturated rings. The van der Waals surface area contributed by atoms with Crippen LogP contribution in [-0.2, 0) is 0 Å². The van der Waals surface area contributed by atoms with Crippen molar-refractivity contribution in [2.45, 2.75) is 46.1 Å². The summed E-state index contributed by atoms with van der Waals surface area (Å²) in [7, 11) is 1.88. The topological polar surface area (TPSA) is 41.1 Å². The average Bonchev–Trinajstić information content (AvgIpc) is 2.68. The van der Waals surface area contributed by atoms with Crippen LogP contribution in [0.25, 0.3) is 0 Å². The summed E-state index contributed by atoms with van der Waals surface area (Å²) in [4.78, 5) is 12.4. The molecule has 0 aliphatic heterocycles. The highest BCUT2D eigenvalue weighted by Gasteiger charge is 2.35. The molecule has 1 amide bonds. The second-order valence-corrected chi connectivity index (χ2v) is 6.19. The number of aryl methyl sites for hydroxylation is 1. The van der Waals surface area contributed by atoms with Crippen LogP contribution in [0, 0.1) is 12.3 Å². The van der Waals surface area contributed by atoms with Gasteiger partial charge >= 0.3 is 0 Å². The molecule has 2 rings (SSSR count). The summed E-state index contributed by atoms with van der Waals surface area (Å²) in [5.41, 5.74) is 3.05. The first-order chi connectivity index (χ1) is 8.94. The van der Waals surface area contributed by atoms with Crippen molar-refractivity contribution < 1.29 is 4.79 Å². The summed E-state index contributed by atoms with van der Waals surface area (Å²) in [5.74, 6) is 0.0557. The quantitative estimate of drug-likeness (QED) is 0.875. The summed E-state index contributed by atoms with van der Waals surface area (Å²) in [6.45, 7) is 6.46. The number of hydrogen-bond donors (Lipinski definition) is 2. The smallest absolute Gasteiger partial charge is 0.251 e. The van der Waals surface area contributed by atoms with E-state index in [0.29, 0.717) is 6.04 Å². The number of rotatable bonds is 3. The van der Waals surface area contributed by atoms with Gasteiger partial charge in [-0.2, -0.15) is 0 Å². The van der Waals surface area contributed by atoms with E-state index in [1.807, 2.05) is 32.2 Å². The lowest BCUT2D eigenvalue weighted by molar-refractivity contribution is 0.0909. The van der Waals surface area contributed by atoms with E-state index in [1.165, 1.54) is 12.8 Å². The van der Waals surface area contributed by atoms with Gasteiger partial charge in [0.15, 0.2) is 0 Å². The second kappa shape index (κ2) is 5.24. The van der Waals surface area contributed by atoms with Gasteiger partial charge in [0, 0.05) is 24.3 Å². The molecule has 0 radical (unpaired) electrons. The van der Waals surface area contributed by atoms with E-state index in [4.69, 9.17) is 0 Å². The first kappa shape index (κ1) is 13.9. The number of hydrogen-bond acceptors (Lipinski definition) is 2. The largest absolute Gasteiger partial charge is 0.388 e. The van der Waals surface area contributed by atoms with Crippen LogP contribution in [0.1, 0.15) is 49.0 Å². The van der Waals surface area contributed by atoms with Crippen LogP contribution in [-0.4, -0.2) is 19.0 Å². The molecule has 3 heteroatoms. The standard InChI is InChI=1S/C16H24N2O/c1-11-10-12(17-4)7-8-13(11)15(19)18-14-6-5-9-16(14,2)3/h7-8,10,14,17H,5-6,9H2,1-4H3,(H,18,19). The number of anilines is 1. The molecule has 1 aromatic rings. The van der Waals surface area contributed by atoms with Crippen molar-refractivity contribution in [3.63, 3.8) is 0 Å². The molecule has 1 unspecified atom stereocenters. The van der Waals surface area contributed by atoms with Crippen molar-refractivity contribution in [2.24, 2.45) is 5.41 Å². The van der Waals surface area contributed by atoms with Crippen molar-refractivity contribution >= 4 is 11.6 Å². The van der Waals surface area contributed by atoms with E-state index in [1.54, 1.807) is 0 Å². The van der Waals surface area contributed by atoms with E-state index in [2.05, 4.69) is 24.5 Å². The molecule has 1 atom stereocenters. The van der Waals surface area contributed by atoms with Gasteiger partial charge in [-0.3, -0.25) is 4.79 Å². The van der Waals surface area contributed by atoms with Gasteiger partial charge in [-0.15, -0.1) is 0 Å². The van der Waals surface area contributed by atoms with Crippen LogP contribution in [0.15, 0.2) is 18.2 Å². The number of amides is 1. The van der Waals surface area contributed by atoms with E-state index in [0.717, 1.165) is 23.2 Å². The third-order valence-corrected chi connectivity index (χ3v) is 4.32. The van der Waals surface area contributed by atoms with Crippen LogP contribution in [0.3, 0.4) is 0 Å². The third-order valence-electron chi connectivity index (χ3n) is 4.32. The van der Waals surface area contributed by atoms with Crippen LogP contribution in [0.5, 0.6) is 0 Å². The highest BCUT2D eigenvalue weighted by Crippen LogP contribution is 2.37. The zero-order valence-corrected chi connectivity index (χ0v) is 12.3. The van der Waals surface area contributed by atoms with Gasteiger partial charge in [0.2, 0.25) is 0 Å². The first-order valence-electron chi connectivity index (χ1n) is 7.03. The van der Waals surface area contributed by atoms with Gasteiger partial charge < -0.3 is 10.6 Å². The van der Waals surface area contributed by atoms with E-state index < -0.39 is 0 Å². The van der Waals surface area contributed by atoms with Crippen LogP contribution >= 0.6 is 0 Å². The maximum atomic E-state index is 12.4. The Labute approximate surface area is 115 Å². The van der Waals surface area contributed by atoms with Crippen molar-refractivity contribution in [3.8, 4) is 0 Å². The summed E-state index contributed by atoms with van der Waals surface area (Å²) in [6.07, 6.45) is 3.48. The molecule has 1 saturated carbocycles. The van der Waals surface area contributed by atoms with Gasteiger partial charge in [0.25, 0.3) is 5.91 Å². The fourth-order valence-corrected chi connectivity index (χ4v) is 2.90. The molecule has 1 aromatic carbocycles. The van der Waals surface area contributed by atoms with Gasteiger partial charge in [0.05, 0.1) is 0 Å². The van der Waals surface area contributed by atoms with Crippen molar-refractivity contribution in [3.05, 3.63) is 29.3 Å². The van der Waals surface area contributed by atoms with E-state index in [-0.39, 0.29) is 11.3 Å². The van der Waals surface area contributed by atoms with Gasteiger partial charge in [-0.05, 0) is 48.9 Å². The SMILES string of the molecule is CNc1ccc(C(=O)NC2CCCC2(C)C)c(C)c1. The zero-order chi connectivity index (χ0) is 14.0. The minimum atomic E-state index is 0.0557. The molecule has 2 N–H and O–H groups in total. The van der Waals surface area contributed by atoms with Gasteiger partial charge in [-0.25, -0.2) is 0 Å². The fraction of sp³-hybridized carbons (Fsp3) is 0.562. The molecule has 19 heavy (non-hydrogen) atoms. The van der Waals surface area contributed by atoms with E-state index >= 15 is 0 Å². The van der Waals surface area contributed by atoms with Crippen LogP contribution in [0.4, 0.5) is 5.69 Å². The summed E-state index contributed by atoms with van der Waals surface area (Å²) < 4.78 is 0. The molecule has 0 spiro atoms. The average molecular weight is 260 g/mol. The zero-order valence-electron chi connectivity index (χ0n) is 12.3. The summed E-state index contributed by atoms with van der Waals surface area (Å²) in [5, 5.41) is 6.29. The van der Waals surface area contributed by atoms with Crippen molar-refractivity contribution in [1.29, 1.82) is 0 Å². The maximum absolute atomic E-state index is 12.4. The second-order valence-electron chi connectivity index (χ2n) is 6.19. The molecular weight excluding hydrogens is 236 g/mol. The predicted octanol–water partition coefficient (Wildman–Crippen LogP) is 3.35. The molecule has 0 heterocycles. The Morgan fingerprint density at radius 1 is 1.37 bits per heavy atom. The minimum Gasteiger partial charge on any atom is -0.388 e. The first-order valence-corrected chi connectivity index (χ1v) is 7.03. The van der Waals surface area contributed by atoms with Gasteiger partial charge in [0.1, 0.15) is 0 Å². The summed E-state index contributed by atoms with van der Waals surface area (Å²) >= 11 is 0. The Morgan fingerprint density at radius 2 is 2.11 bits per heavy atom. The normalized spacial score (nSPS) is 21.2. The van der Waals surface area contributed by atoms with Gasteiger partial charge in [-0.1, -0.05) is 20.3 Å². The number of carbonyl (C=O) groups excluding carboxylic acids is 1. The molecule has 0 saturated heterocycles. The third kappa shape index (κ3) is 2.91. The Bertz CT molecular complexity index is 480. The Kier molecular flexibility index (Phi) is 3.83. The Balaban J connectivity index is 2.12. The highest BCUT2D eigenvalue weighted by molar-refractivity contribution is 5.96. The predicted molar refractivity (Wildman–Crippen MR) is 79.6 cm³/mol. The van der Waals surface area contributed by atoms with Crippen molar-refractivity contribution in [2.75, 3.05) is 12.4 Å². The van der Waals surface area contributed by atoms with Crippen LogP contribution < -0.4 is 10.6 Å². The molecule has 104 valence electrons. The number of benzene rings is 1. The maximum Gasteiger partial charge on any atom is 0.251 e. The molecular formula is C16H24N2O. The summed E-state index contributed by atoms with van der Waals surface area (Å²) in [6, 6.07) is 6.15.